The van der Waals surface area contributed by atoms with Gasteiger partial charge in [-0.05, 0) is 13.8 Å². The van der Waals surface area contributed by atoms with Gasteiger partial charge in [0.1, 0.15) is 0 Å². The Morgan fingerprint density at radius 2 is 0.864 bits per heavy atom. The van der Waals surface area contributed by atoms with Crippen LogP contribution in [0, 0.1) is 24.6 Å². The number of halogens is 8. The first-order chi connectivity index (χ1) is 9.69. The second-order valence-corrected chi connectivity index (χ2v) is 3.61. The van der Waals surface area contributed by atoms with E-state index in [1.54, 1.807) is 26.0 Å². The van der Waals surface area contributed by atoms with Crippen LogP contribution in [0.4, 0.5) is 45.9 Å². The molecule has 4 nitrogen and oxygen atoms in total. The zero-order valence-electron chi connectivity index (χ0n) is 11.1. The molecule has 0 aliphatic rings. The van der Waals surface area contributed by atoms with E-state index in [1.165, 1.54) is 0 Å². The maximum Gasteiger partial charge on any atom is 0.673 e. The lowest BCUT2D eigenvalue weighted by atomic mass is 10.1. The van der Waals surface area contributed by atoms with Gasteiger partial charge >= 0.3 is 25.9 Å². The molecule has 0 saturated carbocycles. The van der Waals surface area contributed by atoms with Gasteiger partial charge in [-0.2, -0.15) is 0 Å². The van der Waals surface area contributed by atoms with Gasteiger partial charge in [-0.15, -0.1) is 0 Å². The third kappa shape index (κ3) is 15.7. The summed E-state index contributed by atoms with van der Waals surface area (Å²) in [5, 5.41) is 17.1. The standard InChI is InChI=1S/C8H8N4.2BF4/c1-5-3-8(12-10)6(2)4-7(5)11-9;2*2-1(3,4)5/h3-4H,1-2H3;;/q+2;2*-1. The molecule has 0 aliphatic carbocycles. The van der Waals surface area contributed by atoms with Gasteiger partial charge in [0.15, 0.2) is 9.95 Å². The molecule has 0 bridgehead atoms. The molecular weight excluding hydrogens is 326 g/mol. The average Bonchev–Trinajstić information content (AvgIpc) is 2.27. The lowest BCUT2D eigenvalue weighted by Gasteiger charge is -1.94. The Labute approximate surface area is 119 Å². The highest BCUT2D eigenvalue weighted by atomic mass is 19.5. The largest absolute Gasteiger partial charge is 0.673 e. The normalized spacial score (nSPS) is 10.2. The highest BCUT2D eigenvalue weighted by Gasteiger charge is 2.21. The van der Waals surface area contributed by atoms with E-state index in [2.05, 4.69) is 9.95 Å². The lowest BCUT2D eigenvalue weighted by Crippen LogP contribution is -2.02. The lowest BCUT2D eigenvalue weighted by molar-refractivity contribution is 0.366. The average molecular weight is 334 g/mol. The van der Waals surface area contributed by atoms with Crippen molar-refractivity contribution in [3.05, 3.63) is 33.2 Å². The fourth-order valence-corrected chi connectivity index (χ4v) is 1.00. The molecule has 0 atom stereocenters. The number of benzene rings is 1. The zero-order chi connectivity index (χ0) is 18.1. The molecule has 0 radical (unpaired) electrons. The van der Waals surface area contributed by atoms with Crippen LogP contribution in [0.5, 0.6) is 0 Å². The van der Waals surface area contributed by atoms with Crippen molar-refractivity contribution in [2.45, 2.75) is 13.8 Å². The predicted octanol–water partition coefficient (Wildman–Crippen LogP) is 5.87. The van der Waals surface area contributed by atoms with Crippen LogP contribution in [0.2, 0.25) is 0 Å². The van der Waals surface area contributed by atoms with Crippen molar-refractivity contribution >= 4 is 25.9 Å². The summed E-state index contributed by atoms with van der Waals surface area (Å²) in [5.74, 6) is 0. The minimum atomic E-state index is -6.00. The van der Waals surface area contributed by atoms with E-state index in [4.69, 9.17) is 10.8 Å². The molecule has 0 fully saturated rings. The van der Waals surface area contributed by atoms with Crippen LogP contribution in [0.15, 0.2) is 12.1 Å². The summed E-state index contributed by atoms with van der Waals surface area (Å²) < 4.78 is 78.0. The first kappa shape index (κ1) is 21.9. The van der Waals surface area contributed by atoms with E-state index < -0.39 is 14.5 Å². The third-order valence-corrected chi connectivity index (χ3v) is 1.73. The van der Waals surface area contributed by atoms with Gasteiger partial charge in [0.25, 0.3) is 0 Å². The third-order valence-electron chi connectivity index (χ3n) is 1.73. The topological polar surface area (TPSA) is 56.3 Å². The molecule has 0 aliphatic heterocycles. The molecule has 14 heteroatoms. The second kappa shape index (κ2) is 8.81. The van der Waals surface area contributed by atoms with Gasteiger partial charge < -0.3 is 34.5 Å². The van der Waals surface area contributed by atoms with E-state index in [0.717, 1.165) is 11.1 Å². The smallest absolute Gasteiger partial charge is 0.418 e. The molecule has 0 N–H and O–H groups in total. The van der Waals surface area contributed by atoms with Crippen molar-refractivity contribution in [1.82, 2.24) is 0 Å². The summed E-state index contributed by atoms with van der Waals surface area (Å²) in [6.45, 7) is 3.56. The summed E-state index contributed by atoms with van der Waals surface area (Å²) in [4.78, 5) is 6.17. The molecule has 0 aromatic heterocycles. The minimum absolute atomic E-state index is 0.500. The van der Waals surface area contributed by atoms with Crippen molar-refractivity contribution in [2.24, 2.45) is 0 Å². The maximum absolute atomic E-state index is 9.75. The Hall–Kier alpha value is -2.37. The number of hydrogen-bond acceptors (Lipinski definition) is 2. The van der Waals surface area contributed by atoms with Crippen LogP contribution in [0.1, 0.15) is 11.1 Å². The second-order valence-electron chi connectivity index (χ2n) is 3.61. The van der Waals surface area contributed by atoms with Gasteiger partial charge in [-0.3, -0.25) is 0 Å². The van der Waals surface area contributed by atoms with Crippen LogP contribution >= 0.6 is 0 Å². The fourth-order valence-electron chi connectivity index (χ4n) is 1.00. The quantitative estimate of drug-likeness (QED) is 0.338. The first-order valence-corrected chi connectivity index (χ1v) is 5.25. The Balaban J connectivity index is 0. The van der Waals surface area contributed by atoms with Crippen molar-refractivity contribution in [2.75, 3.05) is 0 Å². The van der Waals surface area contributed by atoms with E-state index in [1.807, 2.05) is 0 Å². The molecule has 122 valence electrons. The Morgan fingerprint density at radius 3 is 1.00 bits per heavy atom. The van der Waals surface area contributed by atoms with E-state index in [-0.39, 0.29) is 0 Å². The molecule has 0 unspecified atom stereocenters. The van der Waals surface area contributed by atoms with Crippen molar-refractivity contribution in [1.29, 1.82) is 10.8 Å². The molecule has 0 amide bonds. The SMILES string of the molecule is Cc1cc([N+]#N)c(C)cc1[N+]#N.F[B-](F)(F)F.F[B-](F)(F)F. The van der Waals surface area contributed by atoms with E-state index in [0.29, 0.717) is 11.4 Å². The Morgan fingerprint density at radius 1 is 0.682 bits per heavy atom. The van der Waals surface area contributed by atoms with Gasteiger partial charge in [0, 0.05) is 12.1 Å². The number of hydrogen-bond donors (Lipinski definition) is 0. The van der Waals surface area contributed by atoms with Crippen molar-refractivity contribution in [3.63, 3.8) is 0 Å². The monoisotopic (exact) mass is 334 g/mol. The number of aryl methyl sites for hydroxylation is 2. The van der Waals surface area contributed by atoms with Gasteiger partial charge in [-0.1, -0.05) is 0 Å². The van der Waals surface area contributed by atoms with Crippen molar-refractivity contribution < 1.29 is 34.5 Å². The molecule has 0 spiro atoms. The zero-order valence-corrected chi connectivity index (χ0v) is 11.1. The number of rotatable bonds is 0. The van der Waals surface area contributed by atoms with Crippen LogP contribution in [-0.2, 0) is 0 Å². The van der Waals surface area contributed by atoms with Gasteiger partial charge in [0.05, 0.1) is 11.1 Å². The predicted molar refractivity (Wildman–Crippen MR) is 65.8 cm³/mol. The van der Waals surface area contributed by atoms with Gasteiger partial charge in [-0.25, -0.2) is 0 Å². The number of diazo groups is 2. The van der Waals surface area contributed by atoms with Crippen LogP contribution in [-0.4, -0.2) is 14.5 Å². The van der Waals surface area contributed by atoms with Crippen LogP contribution in [0.25, 0.3) is 9.95 Å². The van der Waals surface area contributed by atoms with Crippen LogP contribution < -0.4 is 0 Å². The molecular formula is C8H8B2F8N4. The molecule has 22 heavy (non-hydrogen) atoms. The Bertz CT molecular complexity index is 508. The van der Waals surface area contributed by atoms with Gasteiger partial charge in [0.2, 0.25) is 10.8 Å². The highest BCUT2D eigenvalue weighted by molar-refractivity contribution is 6.50. The van der Waals surface area contributed by atoms with Crippen LogP contribution in [0.3, 0.4) is 0 Å². The summed E-state index contributed by atoms with van der Waals surface area (Å²) >= 11 is 0. The summed E-state index contributed by atoms with van der Waals surface area (Å²) in [6.07, 6.45) is 0. The molecule has 0 saturated heterocycles. The minimum Gasteiger partial charge on any atom is -0.418 e. The Kier molecular flexibility index (Phi) is 8.78. The van der Waals surface area contributed by atoms with E-state index in [9.17, 15) is 34.5 Å². The summed E-state index contributed by atoms with van der Waals surface area (Å²) in [7, 11) is -12.0. The summed E-state index contributed by atoms with van der Waals surface area (Å²) in [5.41, 5.74) is 2.55. The highest BCUT2D eigenvalue weighted by Crippen LogP contribution is 2.28. The molecule has 1 aromatic carbocycles. The summed E-state index contributed by atoms with van der Waals surface area (Å²) in [6, 6.07) is 3.31. The maximum atomic E-state index is 9.75. The molecule has 0 heterocycles. The molecule has 1 aromatic rings. The van der Waals surface area contributed by atoms with Crippen molar-refractivity contribution in [3.8, 4) is 0 Å². The van der Waals surface area contributed by atoms with E-state index >= 15 is 0 Å². The first-order valence-electron chi connectivity index (χ1n) is 5.25. The number of nitrogens with zero attached hydrogens (tertiary/aromatic N) is 4. The fraction of sp³-hybridized carbons (Fsp3) is 0.250. The molecule has 1 rings (SSSR count).